The Kier molecular flexibility index (Phi) is 4.49. The fourth-order valence-corrected chi connectivity index (χ4v) is 3.06. The van der Waals surface area contributed by atoms with Gasteiger partial charge in [-0.05, 0) is 12.5 Å². The average molecular weight is 366 g/mol. The zero-order valence-electron chi connectivity index (χ0n) is 15.4. The maximum atomic E-state index is 12.5. The van der Waals surface area contributed by atoms with Crippen molar-refractivity contribution in [3.8, 4) is 11.4 Å². The topological polar surface area (TPSA) is 94.3 Å². The summed E-state index contributed by atoms with van der Waals surface area (Å²) >= 11 is 0. The zero-order valence-corrected chi connectivity index (χ0v) is 15.4. The molecule has 0 unspecified atom stereocenters. The van der Waals surface area contributed by atoms with E-state index < -0.39 is 23.3 Å². The van der Waals surface area contributed by atoms with E-state index in [4.69, 9.17) is 0 Å². The molecule has 0 saturated carbocycles. The fraction of sp³-hybridized carbons (Fsp3) is 0.211. The van der Waals surface area contributed by atoms with Crippen molar-refractivity contribution in [1.82, 2.24) is 14.2 Å². The van der Waals surface area contributed by atoms with Crippen molar-refractivity contribution in [3.63, 3.8) is 0 Å². The molecule has 1 aromatic carbocycles. The van der Waals surface area contributed by atoms with Gasteiger partial charge in [0.1, 0.15) is 5.52 Å². The first kappa shape index (κ1) is 18.2. The highest BCUT2D eigenvalue weighted by Crippen LogP contribution is 2.26. The molecule has 8 nitrogen and oxygen atoms in total. The molecule has 0 fully saturated rings. The van der Waals surface area contributed by atoms with Gasteiger partial charge in [0, 0.05) is 32.4 Å². The van der Waals surface area contributed by atoms with Crippen molar-refractivity contribution in [2.24, 2.45) is 0 Å². The van der Waals surface area contributed by atoms with Crippen molar-refractivity contribution in [3.05, 3.63) is 52.3 Å². The third-order valence-corrected chi connectivity index (χ3v) is 4.12. The maximum Gasteiger partial charge on any atom is 0.259 e. The van der Waals surface area contributed by atoms with E-state index in [1.807, 2.05) is 6.07 Å². The number of rotatable bonds is 2. The van der Waals surface area contributed by atoms with Crippen molar-refractivity contribution < 1.29 is 14.4 Å². The van der Waals surface area contributed by atoms with Crippen LogP contribution >= 0.6 is 0 Å². The second-order valence-electron chi connectivity index (χ2n) is 6.16. The summed E-state index contributed by atoms with van der Waals surface area (Å²) in [6.45, 7) is 5.38. The van der Waals surface area contributed by atoms with Crippen LogP contribution in [0.1, 0.15) is 31.1 Å². The fourth-order valence-electron chi connectivity index (χ4n) is 3.06. The summed E-state index contributed by atoms with van der Waals surface area (Å²) in [4.78, 5) is 53.7. The summed E-state index contributed by atoms with van der Waals surface area (Å²) < 4.78 is 2.16. The smallest absolute Gasteiger partial charge is 0.259 e. The van der Waals surface area contributed by atoms with Crippen LogP contribution in [0.2, 0.25) is 0 Å². The van der Waals surface area contributed by atoms with Crippen LogP contribution in [0.15, 0.2) is 41.2 Å². The van der Waals surface area contributed by atoms with Gasteiger partial charge in [-0.2, -0.15) is 5.01 Å². The number of carbonyl (C=O) groups excluding carboxylic acids is 3. The summed E-state index contributed by atoms with van der Waals surface area (Å²) in [7, 11) is 0. The van der Waals surface area contributed by atoms with Crippen LogP contribution in [0, 0.1) is 6.92 Å². The molecule has 0 bridgehead atoms. The van der Waals surface area contributed by atoms with E-state index in [1.54, 1.807) is 31.2 Å². The Balaban J connectivity index is 2.59. The lowest BCUT2D eigenvalue weighted by molar-refractivity contribution is -0.126. The molecule has 27 heavy (non-hydrogen) atoms. The lowest BCUT2D eigenvalue weighted by atomic mass is 10.2. The minimum absolute atomic E-state index is 0.0803. The minimum Gasteiger partial charge on any atom is -0.274 e. The molecule has 0 spiro atoms. The summed E-state index contributed by atoms with van der Waals surface area (Å²) in [6, 6.07) is 10.2. The molecule has 0 saturated heterocycles. The summed E-state index contributed by atoms with van der Waals surface area (Å²) in [5.74, 6) is -1.40. The number of nitrogens with zero attached hydrogens (tertiary/aromatic N) is 4. The minimum atomic E-state index is -0.567. The maximum absolute atomic E-state index is 12.5. The number of pyridine rings is 1. The third kappa shape index (κ3) is 2.95. The van der Waals surface area contributed by atoms with Gasteiger partial charge in [-0.15, -0.1) is 0 Å². The number of amides is 2. The summed E-state index contributed by atoms with van der Waals surface area (Å²) in [5.41, 5.74) is 1.05. The normalized spacial score (nSPS) is 10.8. The van der Waals surface area contributed by atoms with Crippen molar-refractivity contribution in [2.45, 2.75) is 27.7 Å². The highest BCUT2D eigenvalue weighted by Gasteiger charge is 2.27. The zero-order chi connectivity index (χ0) is 19.9. The van der Waals surface area contributed by atoms with Crippen LogP contribution in [0.3, 0.4) is 0 Å². The van der Waals surface area contributed by atoms with Gasteiger partial charge in [-0.25, -0.2) is 14.2 Å². The Morgan fingerprint density at radius 2 is 1.59 bits per heavy atom. The van der Waals surface area contributed by atoms with E-state index >= 15 is 0 Å². The number of hydrogen-bond donors (Lipinski definition) is 0. The summed E-state index contributed by atoms with van der Waals surface area (Å²) in [6.07, 6.45) is 0. The molecule has 0 aliphatic heterocycles. The largest absolute Gasteiger partial charge is 0.274 e. The Morgan fingerprint density at radius 3 is 2.11 bits per heavy atom. The van der Waals surface area contributed by atoms with Gasteiger partial charge in [0.25, 0.3) is 5.56 Å². The molecule has 0 atom stereocenters. The number of hydrogen-bond acceptors (Lipinski definition) is 5. The molecule has 2 amide bonds. The monoisotopic (exact) mass is 366 g/mol. The molecule has 3 aromatic rings. The average Bonchev–Trinajstić information content (AvgIpc) is 2.95. The van der Waals surface area contributed by atoms with E-state index in [0.29, 0.717) is 16.6 Å². The Hall–Kier alpha value is -3.55. The molecular formula is C19H18N4O4. The van der Waals surface area contributed by atoms with Gasteiger partial charge in [-0.3, -0.25) is 19.2 Å². The summed E-state index contributed by atoms with van der Waals surface area (Å²) in [5, 5.41) is 0.871. The van der Waals surface area contributed by atoms with Crippen LogP contribution in [-0.4, -0.2) is 31.9 Å². The molecule has 0 N–H and O–H groups in total. The van der Waals surface area contributed by atoms with Gasteiger partial charge >= 0.3 is 0 Å². The standard InChI is InChI=1S/C19H18N4O4/c1-11-10-16(27)21(12(2)24)19-17(11)20-18(15-8-6-5-7-9-15)23(19)22(13(3)25)14(4)26/h5-10H,1-4H3. The van der Waals surface area contributed by atoms with Crippen LogP contribution < -0.4 is 10.6 Å². The van der Waals surface area contributed by atoms with Crippen LogP contribution in [0.4, 0.5) is 0 Å². The van der Waals surface area contributed by atoms with Gasteiger partial charge < -0.3 is 0 Å². The number of imidazole rings is 1. The SMILES string of the molecule is CC(=O)N(C(C)=O)n1c(-c2ccccc2)nc2c(C)cc(=O)n(C(C)=O)c21. The van der Waals surface area contributed by atoms with Gasteiger partial charge in [0.2, 0.25) is 17.7 Å². The first-order chi connectivity index (χ1) is 12.7. The second kappa shape index (κ2) is 6.64. The van der Waals surface area contributed by atoms with Crippen LogP contribution in [-0.2, 0) is 9.59 Å². The highest BCUT2D eigenvalue weighted by atomic mass is 16.2. The lowest BCUT2D eigenvalue weighted by Gasteiger charge is -2.22. The first-order valence-corrected chi connectivity index (χ1v) is 8.27. The Morgan fingerprint density at radius 1 is 1.00 bits per heavy atom. The molecule has 0 aliphatic rings. The molecular weight excluding hydrogens is 348 g/mol. The van der Waals surface area contributed by atoms with Crippen LogP contribution in [0.25, 0.3) is 22.6 Å². The van der Waals surface area contributed by atoms with Crippen LogP contribution in [0.5, 0.6) is 0 Å². The Labute approximate surface area is 154 Å². The first-order valence-electron chi connectivity index (χ1n) is 8.27. The third-order valence-electron chi connectivity index (χ3n) is 4.12. The van der Waals surface area contributed by atoms with Gasteiger partial charge in [-0.1, -0.05) is 30.3 Å². The lowest BCUT2D eigenvalue weighted by Crippen LogP contribution is -2.44. The van der Waals surface area contributed by atoms with E-state index in [2.05, 4.69) is 4.98 Å². The van der Waals surface area contributed by atoms with Gasteiger partial charge in [0.05, 0.1) is 0 Å². The number of aryl methyl sites for hydroxylation is 1. The van der Waals surface area contributed by atoms with E-state index in [1.165, 1.54) is 31.5 Å². The highest BCUT2D eigenvalue weighted by molar-refractivity contribution is 6.08. The van der Waals surface area contributed by atoms with Crippen molar-refractivity contribution >= 4 is 28.9 Å². The molecule has 2 aromatic heterocycles. The van der Waals surface area contributed by atoms with E-state index in [9.17, 15) is 19.2 Å². The van der Waals surface area contributed by atoms with Crippen molar-refractivity contribution in [1.29, 1.82) is 0 Å². The molecule has 0 aliphatic carbocycles. The molecule has 0 radical (unpaired) electrons. The predicted molar refractivity (Wildman–Crippen MR) is 100 cm³/mol. The van der Waals surface area contributed by atoms with E-state index in [0.717, 1.165) is 9.58 Å². The molecule has 2 heterocycles. The number of imide groups is 1. The van der Waals surface area contributed by atoms with Crippen molar-refractivity contribution in [2.75, 3.05) is 5.01 Å². The molecule has 3 rings (SSSR count). The number of fused-ring (bicyclic) bond motifs is 1. The Bertz CT molecular complexity index is 1130. The number of benzene rings is 1. The quantitative estimate of drug-likeness (QED) is 0.690. The predicted octanol–water partition coefficient (Wildman–Crippen LogP) is 1.86. The number of aromatic nitrogens is 3. The van der Waals surface area contributed by atoms with E-state index in [-0.39, 0.29) is 11.5 Å². The number of carbonyl (C=O) groups is 3. The molecule has 138 valence electrons. The molecule has 8 heteroatoms. The van der Waals surface area contributed by atoms with Gasteiger partial charge in [0.15, 0.2) is 11.5 Å². The second-order valence-corrected chi connectivity index (χ2v) is 6.16.